The number of pyridine rings is 1. The second-order valence-corrected chi connectivity index (χ2v) is 8.97. The molecule has 10 heteroatoms. The molecule has 2 aromatic rings. The van der Waals surface area contributed by atoms with Gasteiger partial charge in [0.25, 0.3) is 5.91 Å². The van der Waals surface area contributed by atoms with Gasteiger partial charge >= 0.3 is 0 Å². The van der Waals surface area contributed by atoms with E-state index in [4.69, 9.17) is 24.1 Å². The summed E-state index contributed by atoms with van der Waals surface area (Å²) in [6.07, 6.45) is 3.58. The molecule has 4 rings (SSSR count). The summed E-state index contributed by atoms with van der Waals surface area (Å²) < 4.78 is 36.0. The Bertz CT molecular complexity index is 1160. The van der Waals surface area contributed by atoms with Gasteiger partial charge in [0.05, 0.1) is 51.8 Å². The first-order chi connectivity index (χ1) is 17.9. The Labute approximate surface area is 215 Å². The molecule has 1 aromatic heterocycles. The zero-order valence-electron chi connectivity index (χ0n) is 21.0. The maximum Gasteiger partial charge on any atom is 0.260 e. The lowest BCUT2D eigenvalue weighted by atomic mass is 9.93. The first-order valence-corrected chi connectivity index (χ1v) is 12.2. The van der Waals surface area contributed by atoms with Crippen molar-refractivity contribution >= 4 is 28.6 Å². The van der Waals surface area contributed by atoms with Gasteiger partial charge in [-0.25, -0.2) is 9.37 Å². The SMILES string of the molecule is CC1(C)O/C(=C2/C(=O)Nc3ccc(F)cc32)C=C1c1ccc(NCCOCCOCCOCCO)nc1. The average molecular weight is 514 g/mol. The third-order valence-electron chi connectivity index (χ3n) is 5.87. The molecule has 0 fully saturated rings. The number of aliphatic hydroxyl groups excluding tert-OH is 1. The molecule has 0 bridgehead atoms. The van der Waals surface area contributed by atoms with Crippen molar-refractivity contribution in [3.63, 3.8) is 0 Å². The lowest BCUT2D eigenvalue weighted by molar-refractivity contribution is -0.111. The highest BCUT2D eigenvalue weighted by atomic mass is 19.1. The van der Waals surface area contributed by atoms with Crippen LogP contribution in [0.15, 0.2) is 48.4 Å². The van der Waals surface area contributed by atoms with E-state index in [1.807, 2.05) is 32.1 Å². The van der Waals surface area contributed by atoms with Crippen molar-refractivity contribution < 1.29 is 33.2 Å². The highest BCUT2D eigenvalue weighted by Gasteiger charge is 2.38. The van der Waals surface area contributed by atoms with Crippen LogP contribution in [0.4, 0.5) is 15.9 Å². The van der Waals surface area contributed by atoms with Gasteiger partial charge in [-0.15, -0.1) is 0 Å². The number of hydrogen-bond acceptors (Lipinski definition) is 8. The molecule has 3 heterocycles. The first-order valence-electron chi connectivity index (χ1n) is 12.2. The van der Waals surface area contributed by atoms with Crippen LogP contribution >= 0.6 is 0 Å². The number of benzene rings is 1. The summed E-state index contributed by atoms with van der Waals surface area (Å²) in [5.74, 6) is 0.381. The number of hydrogen-bond donors (Lipinski definition) is 3. The summed E-state index contributed by atoms with van der Waals surface area (Å²) in [5, 5.41) is 14.6. The van der Waals surface area contributed by atoms with Gasteiger partial charge in [-0.2, -0.15) is 0 Å². The molecule has 0 radical (unpaired) electrons. The van der Waals surface area contributed by atoms with Crippen molar-refractivity contribution in [1.82, 2.24) is 4.98 Å². The van der Waals surface area contributed by atoms with E-state index in [1.165, 1.54) is 12.1 Å². The zero-order chi connectivity index (χ0) is 26.3. The van der Waals surface area contributed by atoms with Crippen molar-refractivity contribution in [2.24, 2.45) is 0 Å². The third kappa shape index (κ3) is 6.72. The Morgan fingerprint density at radius 3 is 2.49 bits per heavy atom. The Kier molecular flexibility index (Phi) is 8.88. The van der Waals surface area contributed by atoms with Crippen molar-refractivity contribution in [3.05, 3.63) is 65.3 Å². The summed E-state index contributed by atoms with van der Waals surface area (Å²) >= 11 is 0. The molecule has 0 atom stereocenters. The van der Waals surface area contributed by atoms with E-state index < -0.39 is 11.4 Å². The van der Waals surface area contributed by atoms with E-state index in [1.54, 1.807) is 12.3 Å². The minimum absolute atomic E-state index is 0.00979. The molecule has 3 N–H and O–H groups in total. The summed E-state index contributed by atoms with van der Waals surface area (Å²) in [4.78, 5) is 17.1. The molecule has 1 amide bonds. The molecular formula is C27H32FN3O6. The van der Waals surface area contributed by atoms with Gasteiger partial charge in [-0.1, -0.05) is 0 Å². The maximum atomic E-state index is 13.9. The van der Waals surface area contributed by atoms with Crippen LogP contribution in [-0.2, 0) is 23.7 Å². The van der Waals surface area contributed by atoms with E-state index in [-0.39, 0.29) is 12.5 Å². The minimum atomic E-state index is -0.698. The molecular weight excluding hydrogens is 481 g/mol. The standard InChI is InChI=1S/C27H32FN3O6/c1-27(2)21(16-23(37-27)25-20-15-19(28)4-5-22(20)31-26(25)33)18-3-6-24(30-17-18)29-7-9-34-11-13-36-14-12-35-10-8-32/h3-6,15-17,32H,7-14H2,1-2H3,(H,29,30)(H,31,33)/b25-23+. The number of carbonyl (C=O) groups excluding carboxylic acids is 1. The smallest absolute Gasteiger partial charge is 0.260 e. The molecule has 0 saturated heterocycles. The Hall–Kier alpha value is -3.31. The van der Waals surface area contributed by atoms with Crippen molar-refractivity contribution in [1.29, 1.82) is 0 Å². The summed E-state index contributed by atoms with van der Waals surface area (Å²) in [7, 11) is 0. The van der Waals surface area contributed by atoms with Crippen molar-refractivity contribution in [2.45, 2.75) is 19.4 Å². The van der Waals surface area contributed by atoms with Crippen LogP contribution in [0.1, 0.15) is 25.0 Å². The normalized spacial score (nSPS) is 17.8. The van der Waals surface area contributed by atoms with Crippen LogP contribution in [0.25, 0.3) is 11.1 Å². The topological polar surface area (TPSA) is 111 Å². The molecule has 198 valence electrons. The van der Waals surface area contributed by atoms with Crippen LogP contribution < -0.4 is 10.6 Å². The summed E-state index contributed by atoms with van der Waals surface area (Å²) in [6.45, 7) is 7.12. The van der Waals surface area contributed by atoms with Crippen LogP contribution in [0.5, 0.6) is 0 Å². The molecule has 0 spiro atoms. The quantitative estimate of drug-likeness (QED) is 0.277. The van der Waals surface area contributed by atoms with Crippen LogP contribution in [-0.4, -0.2) is 74.4 Å². The molecule has 0 aliphatic carbocycles. The Morgan fingerprint density at radius 2 is 1.78 bits per heavy atom. The highest BCUT2D eigenvalue weighted by molar-refractivity contribution is 6.32. The van der Waals surface area contributed by atoms with Crippen molar-refractivity contribution in [2.75, 3.05) is 63.4 Å². The lowest BCUT2D eigenvalue weighted by Crippen LogP contribution is -2.21. The van der Waals surface area contributed by atoms with Crippen LogP contribution in [0.3, 0.4) is 0 Å². The number of fused-ring (bicyclic) bond motifs is 1. The lowest BCUT2D eigenvalue weighted by Gasteiger charge is -2.23. The van der Waals surface area contributed by atoms with Gasteiger partial charge in [0.15, 0.2) is 0 Å². The number of anilines is 2. The van der Waals surface area contributed by atoms with E-state index in [9.17, 15) is 9.18 Å². The molecule has 0 unspecified atom stereocenters. The van der Waals surface area contributed by atoms with Gasteiger partial charge in [0, 0.05) is 35.1 Å². The number of ether oxygens (including phenoxy) is 4. The zero-order valence-corrected chi connectivity index (χ0v) is 21.0. The predicted octanol–water partition coefficient (Wildman–Crippen LogP) is 3.23. The van der Waals surface area contributed by atoms with Crippen molar-refractivity contribution in [3.8, 4) is 0 Å². The number of aliphatic hydroxyl groups is 1. The fraction of sp³-hybridized carbons (Fsp3) is 0.407. The van der Waals surface area contributed by atoms with Gasteiger partial charge in [0.1, 0.15) is 23.0 Å². The Morgan fingerprint density at radius 1 is 1.05 bits per heavy atom. The number of carbonyl (C=O) groups is 1. The number of amides is 1. The number of nitrogens with one attached hydrogen (secondary N) is 2. The second kappa shape index (κ2) is 12.3. The number of nitrogens with zero attached hydrogens (tertiary/aromatic N) is 1. The monoisotopic (exact) mass is 513 g/mol. The largest absolute Gasteiger partial charge is 0.482 e. The van der Waals surface area contributed by atoms with Gasteiger partial charge < -0.3 is 34.7 Å². The number of aromatic nitrogens is 1. The molecule has 9 nitrogen and oxygen atoms in total. The van der Waals surface area contributed by atoms with Gasteiger partial charge in [0.2, 0.25) is 0 Å². The first kappa shape index (κ1) is 26.7. The van der Waals surface area contributed by atoms with E-state index >= 15 is 0 Å². The van der Waals surface area contributed by atoms with Crippen LogP contribution in [0, 0.1) is 5.82 Å². The average Bonchev–Trinajstić information content (AvgIpc) is 3.36. The fourth-order valence-electron chi connectivity index (χ4n) is 4.12. The molecule has 2 aliphatic heterocycles. The molecule has 2 aliphatic rings. The van der Waals surface area contributed by atoms with E-state index in [0.29, 0.717) is 74.6 Å². The second-order valence-electron chi connectivity index (χ2n) is 8.97. The number of halogens is 1. The van der Waals surface area contributed by atoms with Gasteiger partial charge in [-0.05, 0) is 50.3 Å². The predicted molar refractivity (Wildman–Crippen MR) is 137 cm³/mol. The number of rotatable bonds is 13. The summed E-state index contributed by atoms with van der Waals surface area (Å²) in [5.41, 5.74) is 2.42. The minimum Gasteiger partial charge on any atom is -0.482 e. The number of allylic oxidation sites excluding steroid dienone is 1. The van der Waals surface area contributed by atoms with Crippen LogP contribution in [0.2, 0.25) is 0 Å². The highest BCUT2D eigenvalue weighted by Crippen LogP contribution is 2.44. The van der Waals surface area contributed by atoms with Gasteiger partial charge in [-0.3, -0.25) is 4.79 Å². The fourth-order valence-corrected chi connectivity index (χ4v) is 4.12. The molecule has 1 aromatic carbocycles. The Balaban J connectivity index is 1.30. The third-order valence-corrected chi connectivity index (χ3v) is 5.87. The molecule has 0 saturated carbocycles. The summed E-state index contributed by atoms with van der Waals surface area (Å²) in [6, 6.07) is 8.02. The molecule has 37 heavy (non-hydrogen) atoms. The maximum absolute atomic E-state index is 13.9. The van der Waals surface area contributed by atoms with E-state index in [0.717, 1.165) is 11.1 Å². The van der Waals surface area contributed by atoms with E-state index in [2.05, 4.69) is 15.6 Å².